The van der Waals surface area contributed by atoms with Crippen LogP contribution in [0.1, 0.15) is 5.56 Å². The lowest BCUT2D eigenvalue weighted by Gasteiger charge is -2.09. The topological polar surface area (TPSA) is 44.9 Å². The lowest BCUT2D eigenvalue weighted by Crippen LogP contribution is -2.16. The maximum atomic E-state index is 13.7. The molecule has 0 amide bonds. The first kappa shape index (κ1) is 13.8. The van der Waals surface area contributed by atoms with Crippen molar-refractivity contribution >= 4 is 32.5 Å². The number of para-hydroxylation sites is 2. The van der Waals surface area contributed by atoms with E-state index in [1.165, 1.54) is 6.07 Å². The molecule has 0 aliphatic carbocycles. The van der Waals surface area contributed by atoms with Crippen molar-refractivity contribution in [2.24, 2.45) is 0 Å². The molecule has 0 radical (unpaired) electrons. The number of H-pyrrole nitrogens is 1. The van der Waals surface area contributed by atoms with E-state index in [1.807, 2.05) is 30.3 Å². The van der Waals surface area contributed by atoms with Gasteiger partial charge < -0.3 is 10.3 Å². The van der Waals surface area contributed by atoms with Gasteiger partial charge in [-0.15, -0.1) is 0 Å². The van der Waals surface area contributed by atoms with E-state index in [-0.39, 0.29) is 17.9 Å². The Bertz CT molecular complexity index is 840. The van der Waals surface area contributed by atoms with Gasteiger partial charge in [0.15, 0.2) is 0 Å². The fourth-order valence-electron chi connectivity index (χ4n) is 2.17. The minimum atomic E-state index is -0.360. The summed E-state index contributed by atoms with van der Waals surface area (Å²) in [6.07, 6.45) is 0. The third-order valence-corrected chi connectivity index (χ3v) is 3.91. The summed E-state index contributed by atoms with van der Waals surface area (Å²) in [4.78, 5) is 14.8. The highest BCUT2D eigenvalue weighted by Crippen LogP contribution is 2.25. The van der Waals surface area contributed by atoms with Crippen LogP contribution in [-0.2, 0) is 6.54 Å². The molecule has 0 aliphatic heterocycles. The second kappa shape index (κ2) is 5.69. The van der Waals surface area contributed by atoms with Gasteiger partial charge in [0, 0.05) is 22.1 Å². The van der Waals surface area contributed by atoms with Gasteiger partial charge in [-0.25, -0.2) is 4.39 Å². The molecule has 0 unspecified atom stereocenters. The van der Waals surface area contributed by atoms with E-state index >= 15 is 0 Å². The zero-order chi connectivity index (χ0) is 14.8. The highest BCUT2D eigenvalue weighted by atomic mass is 79.9. The van der Waals surface area contributed by atoms with E-state index < -0.39 is 0 Å². The smallest absolute Gasteiger partial charge is 0.253 e. The minimum absolute atomic E-state index is 0.173. The molecule has 2 aromatic carbocycles. The van der Waals surface area contributed by atoms with Crippen LogP contribution < -0.4 is 10.9 Å². The van der Waals surface area contributed by atoms with Crippen LogP contribution in [0.5, 0.6) is 0 Å². The monoisotopic (exact) mass is 346 g/mol. The van der Waals surface area contributed by atoms with Gasteiger partial charge in [-0.3, -0.25) is 4.79 Å². The molecular formula is C16H12BrFN2O. The number of nitrogens with one attached hydrogen (secondary N) is 2. The molecule has 2 N–H and O–H groups in total. The van der Waals surface area contributed by atoms with Crippen LogP contribution in [0.15, 0.2) is 57.8 Å². The van der Waals surface area contributed by atoms with Crippen molar-refractivity contribution in [1.82, 2.24) is 4.98 Å². The summed E-state index contributed by atoms with van der Waals surface area (Å²) in [5, 5.41) is 3.91. The van der Waals surface area contributed by atoms with Gasteiger partial charge in [0.1, 0.15) is 5.82 Å². The van der Waals surface area contributed by atoms with Gasteiger partial charge in [0.25, 0.3) is 5.56 Å². The molecule has 0 saturated heterocycles. The SMILES string of the molecule is O=c1[nH]c2ccccc2cc1CNc1c(F)cccc1Br. The minimum Gasteiger partial charge on any atom is -0.377 e. The third-order valence-electron chi connectivity index (χ3n) is 3.25. The average molecular weight is 347 g/mol. The maximum absolute atomic E-state index is 13.7. The summed E-state index contributed by atoms with van der Waals surface area (Å²) in [6.45, 7) is 0.250. The van der Waals surface area contributed by atoms with Gasteiger partial charge >= 0.3 is 0 Å². The molecule has 1 heterocycles. The normalized spacial score (nSPS) is 10.8. The van der Waals surface area contributed by atoms with E-state index in [0.717, 1.165) is 10.9 Å². The molecule has 1 aromatic heterocycles. The van der Waals surface area contributed by atoms with Crippen molar-refractivity contribution in [2.75, 3.05) is 5.32 Å². The van der Waals surface area contributed by atoms with Crippen LogP contribution in [0.2, 0.25) is 0 Å². The van der Waals surface area contributed by atoms with Crippen molar-refractivity contribution in [3.63, 3.8) is 0 Å². The second-order valence-corrected chi connectivity index (χ2v) is 5.52. The molecule has 21 heavy (non-hydrogen) atoms. The second-order valence-electron chi connectivity index (χ2n) is 4.66. The molecular weight excluding hydrogens is 335 g/mol. The molecule has 3 aromatic rings. The molecule has 0 bridgehead atoms. The molecule has 0 atom stereocenters. The van der Waals surface area contributed by atoms with E-state index in [4.69, 9.17) is 0 Å². The first-order valence-corrected chi connectivity index (χ1v) is 7.23. The molecule has 3 nitrogen and oxygen atoms in total. The third kappa shape index (κ3) is 2.83. The van der Waals surface area contributed by atoms with Crippen LogP contribution in [0.3, 0.4) is 0 Å². The van der Waals surface area contributed by atoms with Gasteiger partial charge in [0.2, 0.25) is 0 Å². The molecule has 0 spiro atoms. The Kier molecular flexibility index (Phi) is 3.75. The van der Waals surface area contributed by atoms with E-state index in [1.54, 1.807) is 12.1 Å². The molecule has 0 aliphatic rings. The van der Waals surface area contributed by atoms with E-state index in [0.29, 0.717) is 15.7 Å². The molecule has 3 rings (SSSR count). The fraction of sp³-hybridized carbons (Fsp3) is 0.0625. The highest BCUT2D eigenvalue weighted by molar-refractivity contribution is 9.10. The number of benzene rings is 2. The molecule has 0 fully saturated rings. The first-order valence-electron chi connectivity index (χ1n) is 6.44. The average Bonchev–Trinajstić information content (AvgIpc) is 2.47. The summed E-state index contributed by atoms with van der Waals surface area (Å²) in [5.41, 5.74) is 1.53. The Balaban J connectivity index is 1.92. The van der Waals surface area contributed by atoms with Gasteiger partial charge in [-0.2, -0.15) is 0 Å². The standard InChI is InChI=1S/C16H12BrFN2O/c17-12-5-3-6-13(18)15(12)19-9-11-8-10-4-1-2-7-14(10)20-16(11)21/h1-8,19H,9H2,(H,20,21). The Morgan fingerprint density at radius 3 is 2.76 bits per heavy atom. The number of aromatic amines is 1. The van der Waals surface area contributed by atoms with Crippen molar-refractivity contribution in [1.29, 1.82) is 0 Å². The molecule has 106 valence electrons. The Morgan fingerprint density at radius 2 is 1.95 bits per heavy atom. The predicted octanol–water partition coefficient (Wildman–Crippen LogP) is 4.04. The highest BCUT2D eigenvalue weighted by Gasteiger charge is 2.08. The predicted molar refractivity (Wildman–Crippen MR) is 86.0 cm³/mol. The number of pyridine rings is 1. The number of hydrogen-bond acceptors (Lipinski definition) is 2. The Morgan fingerprint density at radius 1 is 1.14 bits per heavy atom. The van der Waals surface area contributed by atoms with Crippen LogP contribution in [-0.4, -0.2) is 4.98 Å². The number of fused-ring (bicyclic) bond motifs is 1. The fourth-order valence-corrected chi connectivity index (χ4v) is 2.66. The van der Waals surface area contributed by atoms with Gasteiger partial charge in [0.05, 0.1) is 5.69 Å². The molecule has 5 heteroatoms. The van der Waals surface area contributed by atoms with E-state index in [9.17, 15) is 9.18 Å². The van der Waals surface area contributed by atoms with E-state index in [2.05, 4.69) is 26.2 Å². The summed E-state index contributed by atoms with van der Waals surface area (Å²) in [5.74, 6) is -0.360. The summed E-state index contributed by atoms with van der Waals surface area (Å²) < 4.78 is 14.4. The van der Waals surface area contributed by atoms with Gasteiger partial charge in [-0.05, 0) is 45.6 Å². The lowest BCUT2D eigenvalue weighted by molar-refractivity contribution is 0.629. The Hall–Kier alpha value is -2.14. The Labute approximate surface area is 128 Å². The summed E-state index contributed by atoms with van der Waals surface area (Å²) in [6, 6.07) is 14.1. The quantitative estimate of drug-likeness (QED) is 0.751. The zero-order valence-corrected chi connectivity index (χ0v) is 12.6. The summed E-state index contributed by atoms with van der Waals surface area (Å²) >= 11 is 3.29. The number of hydrogen-bond donors (Lipinski definition) is 2. The summed E-state index contributed by atoms with van der Waals surface area (Å²) in [7, 11) is 0. The van der Waals surface area contributed by atoms with Crippen molar-refractivity contribution < 1.29 is 4.39 Å². The van der Waals surface area contributed by atoms with Crippen LogP contribution in [0, 0.1) is 5.82 Å². The molecule has 0 saturated carbocycles. The van der Waals surface area contributed by atoms with Crippen LogP contribution >= 0.6 is 15.9 Å². The van der Waals surface area contributed by atoms with Crippen LogP contribution in [0.4, 0.5) is 10.1 Å². The number of halogens is 2. The zero-order valence-electron chi connectivity index (χ0n) is 11.0. The van der Waals surface area contributed by atoms with Crippen molar-refractivity contribution in [3.8, 4) is 0 Å². The number of aromatic nitrogens is 1. The van der Waals surface area contributed by atoms with Gasteiger partial charge in [-0.1, -0.05) is 24.3 Å². The number of rotatable bonds is 3. The number of anilines is 1. The van der Waals surface area contributed by atoms with Crippen molar-refractivity contribution in [2.45, 2.75) is 6.54 Å². The lowest BCUT2D eigenvalue weighted by atomic mass is 10.1. The maximum Gasteiger partial charge on any atom is 0.253 e. The first-order chi connectivity index (χ1) is 10.1. The largest absolute Gasteiger partial charge is 0.377 e. The van der Waals surface area contributed by atoms with Crippen molar-refractivity contribution in [3.05, 3.63) is 74.7 Å². The van der Waals surface area contributed by atoms with Crippen LogP contribution in [0.25, 0.3) is 10.9 Å².